The molecule has 2 aromatic rings. The van der Waals surface area contributed by atoms with Gasteiger partial charge in [0.1, 0.15) is 0 Å². The minimum Gasteiger partial charge on any atom is -0.394 e. The summed E-state index contributed by atoms with van der Waals surface area (Å²) in [4.78, 5) is 12.2. The van der Waals surface area contributed by atoms with Gasteiger partial charge in [0.25, 0.3) is 5.91 Å². The van der Waals surface area contributed by atoms with Gasteiger partial charge in [-0.05, 0) is 24.6 Å². The van der Waals surface area contributed by atoms with Crippen LogP contribution in [-0.2, 0) is 5.54 Å². The highest BCUT2D eigenvalue weighted by Gasteiger charge is 2.27. The molecule has 0 aliphatic rings. The highest BCUT2D eigenvalue weighted by Crippen LogP contribution is 2.20. The summed E-state index contributed by atoms with van der Waals surface area (Å²) in [7, 11) is 0. The lowest BCUT2D eigenvalue weighted by Gasteiger charge is -2.29. The van der Waals surface area contributed by atoms with Gasteiger partial charge < -0.3 is 10.4 Å². The van der Waals surface area contributed by atoms with E-state index in [0.29, 0.717) is 5.56 Å². The van der Waals surface area contributed by atoms with Crippen LogP contribution in [0.4, 0.5) is 0 Å². The minimum atomic E-state index is -0.784. The van der Waals surface area contributed by atoms with Crippen LogP contribution < -0.4 is 5.32 Å². The Balaban J connectivity index is 2.22. The van der Waals surface area contributed by atoms with Crippen molar-refractivity contribution in [2.24, 2.45) is 0 Å². The molecular formula is C16H17NO2. The van der Waals surface area contributed by atoms with Crippen LogP contribution in [0, 0.1) is 0 Å². The first-order chi connectivity index (χ1) is 9.15. The Bertz CT molecular complexity index is 539. The van der Waals surface area contributed by atoms with Crippen molar-refractivity contribution in [1.29, 1.82) is 0 Å². The number of aliphatic hydroxyl groups excluding tert-OH is 1. The predicted octanol–water partition coefficient (Wildman–Crippen LogP) is 2.32. The molecule has 1 amide bonds. The number of carbonyl (C=O) groups excluding carboxylic acids is 1. The molecule has 98 valence electrons. The minimum absolute atomic E-state index is 0.157. The van der Waals surface area contributed by atoms with Gasteiger partial charge in [-0.15, -0.1) is 0 Å². The maximum atomic E-state index is 12.2. The van der Waals surface area contributed by atoms with E-state index in [1.807, 2.05) is 55.5 Å². The molecule has 0 radical (unpaired) electrons. The van der Waals surface area contributed by atoms with Gasteiger partial charge in [-0.1, -0.05) is 48.5 Å². The van der Waals surface area contributed by atoms with Crippen LogP contribution in [0.3, 0.4) is 0 Å². The summed E-state index contributed by atoms with van der Waals surface area (Å²) in [5.41, 5.74) is 0.675. The van der Waals surface area contributed by atoms with Crippen molar-refractivity contribution in [1.82, 2.24) is 5.32 Å². The summed E-state index contributed by atoms with van der Waals surface area (Å²) in [6, 6.07) is 18.4. The fourth-order valence-electron chi connectivity index (χ4n) is 1.92. The van der Waals surface area contributed by atoms with Crippen molar-refractivity contribution in [3.8, 4) is 0 Å². The third kappa shape index (κ3) is 3.01. The molecule has 0 aliphatic heterocycles. The molecule has 19 heavy (non-hydrogen) atoms. The largest absolute Gasteiger partial charge is 0.394 e. The van der Waals surface area contributed by atoms with E-state index in [-0.39, 0.29) is 12.5 Å². The Kier molecular flexibility index (Phi) is 3.97. The third-order valence-corrected chi connectivity index (χ3v) is 3.15. The fourth-order valence-corrected chi connectivity index (χ4v) is 1.92. The van der Waals surface area contributed by atoms with Gasteiger partial charge in [0.05, 0.1) is 12.1 Å². The van der Waals surface area contributed by atoms with Crippen molar-refractivity contribution in [3.63, 3.8) is 0 Å². The van der Waals surface area contributed by atoms with Crippen molar-refractivity contribution < 1.29 is 9.90 Å². The number of aliphatic hydroxyl groups is 1. The molecule has 2 aromatic carbocycles. The number of rotatable bonds is 4. The van der Waals surface area contributed by atoms with Gasteiger partial charge in [-0.2, -0.15) is 0 Å². The number of hydrogen-bond donors (Lipinski definition) is 2. The molecule has 2 N–H and O–H groups in total. The van der Waals surface area contributed by atoms with Crippen LogP contribution >= 0.6 is 0 Å². The third-order valence-electron chi connectivity index (χ3n) is 3.15. The Morgan fingerprint density at radius 3 is 2.11 bits per heavy atom. The van der Waals surface area contributed by atoms with E-state index in [0.717, 1.165) is 5.56 Å². The lowest BCUT2D eigenvalue weighted by atomic mass is 9.92. The van der Waals surface area contributed by atoms with E-state index >= 15 is 0 Å². The molecule has 0 heterocycles. The van der Waals surface area contributed by atoms with E-state index in [2.05, 4.69) is 5.32 Å². The lowest BCUT2D eigenvalue weighted by Crippen LogP contribution is -2.46. The Morgan fingerprint density at radius 1 is 1.05 bits per heavy atom. The molecule has 0 aromatic heterocycles. The first kappa shape index (κ1) is 13.3. The van der Waals surface area contributed by atoms with E-state index < -0.39 is 5.54 Å². The summed E-state index contributed by atoms with van der Waals surface area (Å²) in [5.74, 6) is -0.194. The summed E-state index contributed by atoms with van der Waals surface area (Å²) in [5, 5.41) is 12.5. The molecule has 0 spiro atoms. The van der Waals surface area contributed by atoms with E-state index in [4.69, 9.17) is 0 Å². The summed E-state index contributed by atoms with van der Waals surface area (Å²) in [6.07, 6.45) is 0. The van der Waals surface area contributed by atoms with Gasteiger partial charge in [0.15, 0.2) is 0 Å². The Morgan fingerprint density at radius 2 is 1.58 bits per heavy atom. The molecule has 3 heteroatoms. The van der Waals surface area contributed by atoms with Crippen LogP contribution in [0.1, 0.15) is 22.8 Å². The lowest BCUT2D eigenvalue weighted by molar-refractivity contribution is 0.0849. The number of carbonyl (C=O) groups is 1. The zero-order valence-corrected chi connectivity index (χ0v) is 10.8. The van der Waals surface area contributed by atoms with E-state index in [1.54, 1.807) is 12.1 Å². The zero-order chi connectivity index (χ0) is 13.7. The second-order valence-corrected chi connectivity index (χ2v) is 4.68. The van der Waals surface area contributed by atoms with Gasteiger partial charge in [0.2, 0.25) is 0 Å². The van der Waals surface area contributed by atoms with Gasteiger partial charge in [0, 0.05) is 5.56 Å². The standard InChI is InChI=1S/C16H17NO2/c1-16(12-18,14-10-6-3-7-11-14)17-15(19)13-8-4-2-5-9-13/h2-11,18H,12H2,1H3,(H,17,19). The van der Waals surface area contributed by atoms with Crippen LogP contribution in [0.25, 0.3) is 0 Å². The van der Waals surface area contributed by atoms with Crippen molar-refractivity contribution in [3.05, 3.63) is 71.8 Å². The average molecular weight is 255 g/mol. The Hall–Kier alpha value is -2.13. The molecule has 0 aliphatic carbocycles. The first-order valence-electron chi connectivity index (χ1n) is 6.20. The van der Waals surface area contributed by atoms with Gasteiger partial charge >= 0.3 is 0 Å². The summed E-state index contributed by atoms with van der Waals surface area (Å²) >= 11 is 0. The van der Waals surface area contributed by atoms with Crippen molar-refractivity contribution in [2.45, 2.75) is 12.5 Å². The Labute approximate surface area is 112 Å². The second kappa shape index (κ2) is 5.67. The van der Waals surface area contributed by atoms with Crippen molar-refractivity contribution >= 4 is 5.91 Å². The monoisotopic (exact) mass is 255 g/mol. The maximum Gasteiger partial charge on any atom is 0.252 e. The van der Waals surface area contributed by atoms with Crippen LogP contribution in [-0.4, -0.2) is 17.6 Å². The number of amides is 1. The molecule has 0 saturated carbocycles. The molecule has 2 rings (SSSR count). The maximum absolute atomic E-state index is 12.2. The molecule has 1 unspecified atom stereocenters. The van der Waals surface area contributed by atoms with Gasteiger partial charge in [-0.25, -0.2) is 0 Å². The SMILES string of the molecule is CC(CO)(NC(=O)c1ccccc1)c1ccccc1. The van der Waals surface area contributed by atoms with Crippen LogP contribution in [0.15, 0.2) is 60.7 Å². The topological polar surface area (TPSA) is 49.3 Å². The number of benzene rings is 2. The summed E-state index contributed by atoms with van der Waals surface area (Å²) in [6.45, 7) is 1.65. The predicted molar refractivity (Wildman–Crippen MR) is 74.8 cm³/mol. The highest BCUT2D eigenvalue weighted by molar-refractivity contribution is 5.94. The average Bonchev–Trinajstić information content (AvgIpc) is 2.49. The van der Waals surface area contributed by atoms with Crippen LogP contribution in [0.2, 0.25) is 0 Å². The van der Waals surface area contributed by atoms with E-state index in [9.17, 15) is 9.90 Å². The van der Waals surface area contributed by atoms with Gasteiger partial charge in [-0.3, -0.25) is 4.79 Å². The molecule has 3 nitrogen and oxygen atoms in total. The summed E-state index contributed by atoms with van der Waals surface area (Å²) < 4.78 is 0. The zero-order valence-electron chi connectivity index (χ0n) is 10.8. The molecule has 0 saturated heterocycles. The first-order valence-corrected chi connectivity index (χ1v) is 6.20. The quantitative estimate of drug-likeness (QED) is 0.881. The number of hydrogen-bond acceptors (Lipinski definition) is 2. The van der Waals surface area contributed by atoms with Crippen LogP contribution in [0.5, 0.6) is 0 Å². The molecule has 1 atom stereocenters. The molecular weight excluding hydrogens is 238 g/mol. The van der Waals surface area contributed by atoms with E-state index in [1.165, 1.54) is 0 Å². The normalized spacial score (nSPS) is 13.6. The smallest absolute Gasteiger partial charge is 0.252 e. The fraction of sp³-hybridized carbons (Fsp3) is 0.188. The second-order valence-electron chi connectivity index (χ2n) is 4.68. The molecule has 0 bridgehead atoms. The highest BCUT2D eigenvalue weighted by atomic mass is 16.3. The number of nitrogens with one attached hydrogen (secondary N) is 1. The van der Waals surface area contributed by atoms with Crippen molar-refractivity contribution in [2.75, 3.05) is 6.61 Å². The molecule has 0 fully saturated rings.